The van der Waals surface area contributed by atoms with Gasteiger partial charge >= 0.3 is 0 Å². The van der Waals surface area contributed by atoms with Crippen LogP contribution < -0.4 is 16.4 Å². The second kappa shape index (κ2) is 9.57. The summed E-state index contributed by atoms with van der Waals surface area (Å²) in [6, 6.07) is 10.9. The van der Waals surface area contributed by atoms with E-state index >= 15 is 0 Å². The zero-order valence-corrected chi connectivity index (χ0v) is 16.3. The third-order valence-electron chi connectivity index (χ3n) is 4.87. The molecule has 1 atom stereocenters. The Morgan fingerprint density at radius 1 is 1.23 bits per heavy atom. The summed E-state index contributed by atoms with van der Waals surface area (Å²) < 4.78 is 0. The Morgan fingerprint density at radius 2 is 1.88 bits per heavy atom. The average molecular weight is 360 g/mol. The maximum absolute atomic E-state index is 11.5. The van der Waals surface area contributed by atoms with Gasteiger partial charge < -0.3 is 16.4 Å². The molecule has 0 aromatic heterocycles. The van der Waals surface area contributed by atoms with Crippen molar-refractivity contribution in [1.82, 2.24) is 15.5 Å². The first-order chi connectivity index (χ1) is 12.4. The maximum Gasteiger partial charge on any atom is 0.224 e. The Labute approximate surface area is 157 Å². The topological polar surface area (TPSA) is 82.7 Å². The fraction of sp³-hybridized carbons (Fsp3) is 0.600. The minimum atomic E-state index is -0.657. The third-order valence-corrected chi connectivity index (χ3v) is 4.87. The lowest BCUT2D eigenvalue weighted by atomic mass is 9.93. The van der Waals surface area contributed by atoms with Crippen molar-refractivity contribution in [3.63, 3.8) is 0 Å². The van der Waals surface area contributed by atoms with E-state index in [-0.39, 0.29) is 5.91 Å². The zero-order valence-electron chi connectivity index (χ0n) is 16.3. The summed E-state index contributed by atoms with van der Waals surface area (Å²) in [7, 11) is 0. The molecule has 1 fully saturated rings. The number of rotatable bonds is 8. The molecule has 144 valence electrons. The van der Waals surface area contributed by atoms with E-state index in [1.165, 1.54) is 18.4 Å². The molecule has 1 aliphatic heterocycles. The number of hydrogen-bond donors (Lipinski definition) is 3. The van der Waals surface area contributed by atoms with Gasteiger partial charge in [-0.1, -0.05) is 30.3 Å². The fourth-order valence-corrected chi connectivity index (χ4v) is 3.08. The van der Waals surface area contributed by atoms with E-state index in [9.17, 15) is 4.79 Å². The second-order valence-corrected chi connectivity index (χ2v) is 7.49. The summed E-state index contributed by atoms with van der Waals surface area (Å²) in [5.41, 5.74) is 6.11. The number of hydrogen-bond acceptors (Lipinski definition) is 3. The summed E-state index contributed by atoms with van der Waals surface area (Å²) in [5.74, 6) is 0.387. The zero-order chi connectivity index (χ0) is 19.0. The van der Waals surface area contributed by atoms with Gasteiger partial charge in [0.15, 0.2) is 5.96 Å². The highest BCUT2D eigenvalue weighted by Crippen LogP contribution is 2.24. The molecule has 26 heavy (non-hydrogen) atoms. The highest BCUT2D eigenvalue weighted by molar-refractivity contribution is 5.82. The molecule has 0 aliphatic carbocycles. The Balaban J connectivity index is 2.07. The summed E-state index contributed by atoms with van der Waals surface area (Å²) in [5, 5.41) is 6.71. The number of carbonyl (C=O) groups is 1. The van der Waals surface area contributed by atoms with E-state index < -0.39 is 5.41 Å². The number of benzene rings is 1. The van der Waals surface area contributed by atoms with E-state index in [0.717, 1.165) is 32.1 Å². The molecule has 0 spiro atoms. The van der Waals surface area contributed by atoms with Crippen molar-refractivity contribution >= 4 is 11.9 Å². The van der Waals surface area contributed by atoms with Crippen molar-refractivity contribution in [2.45, 2.75) is 39.7 Å². The molecule has 1 aliphatic rings. The molecule has 0 saturated carbocycles. The van der Waals surface area contributed by atoms with Crippen LogP contribution in [0.1, 0.15) is 45.2 Å². The van der Waals surface area contributed by atoms with Crippen molar-refractivity contribution in [2.75, 3.05) is 32.7 Å². The number of aliphatic imine (C=N–C) groups is 1. The van der Waals surface area contributed by atoms with E-state index in [0.29, 0.717) is 12.6 Å². The number of primary amides is 1. The fourth-order valence-electron chi connectivity index (χ4n) is 3.08. The van der Waals surface area contributed by atoms with E-state index in [1.54, 1.807) is 0 Å². The highest BCUT2D eigenvalue weighted by atomic mass is 16.1. The lowest BCUT2D eigenvalue weighted by Gasteiger charge is -2.29. The minimum absolute atomic E-state index is 0.312. The number of nitrogens with one attached hydrogen (secondary N) is 2. The molecule has 1 heterocycles. The van der Waals surface area contributed by atoms with Gasteiger partial charge in [0.25, 0.3) is 0 Å². The van der Waals surface area contributed by atoms with Gasteiger partial charge in [-0.2, -0.15) is 0 Å². The van der Waals surface area contributed by atoms with Crippen molar-refractivity contribution in [3.05, 3.63) is 35.9 Å². The van der Waals surface area contributed by atoms with Crippen LogP contribution in [0.4, 0.5) is 0 Å². The van der Waals surface area contributed by atoms with Gasteiger partial charge in [0.2, 0.25) is 5.91 Å². The van der Waals surface area contributed by atoms with Gasteiger partial charge in [-0.25, -0.2) is 0 Å². The number of nitrogens with zero attached hydrogens (tertiary/aromatic N) is 2. The Morgan fingerprint density at radius 3 is 2.46 bits per heavy atom. The Hall–Kier alpha value is -2.08. The van der Waals surface area contributed by atoms with Crippen LogP contribution in [0.3, 0.4) is 0 Å². The quantitative estimate of drug-likeness (QED) is 0.489. The van der Waals surface area contributed by atoms with Crippen LogP contribution in [0, 0.1) is 5.41 Å². The van der Waals surface area contributed by atoms with Crippen LogP contribution >= 0.6 is 0 Å². The predicted molar refractivity (Wildman–Crippen MR) is 107 cm³/mol. The van der Waals surface area contributed by atoms with E-state index in [2.05, 4.69) is 50.9 Å². The van der Waals surface area contributed by atoms with Crippen molar-refractivity contribution in [1.29, 1.82) is 0 Å². The molecule has 6 nitrogen and oxygen atoms in total. The standard InChI is InChI=1S/C20H33N5O/c1-4-22-19(24-15-20(2,3)18(21)26)23-14-17(25-12-8-9-13-25)16-10-6-5-7-11-16/h5-7,10-11,17H,4,8-9,12-15H2,1-3H3,(H2,21,26)(H2,22,23,24). The molecular weight excluding hydrogens is 326 g/mol. The smallest absolute Gasteiger partial charge is 0.224 e. The van der Waals surface area contributed by atoms with Crippen LogP contribution in [0.25, 0.3) is 0 Å². The number of amides is 1. The van der Waals surface area contributed by atoms with Crippen molar-refractivity contribution in [2.24, 2.45) is 16.1 Å². The largest absolute Gasteiger partial charge is 0.369 e. The molecule has 1 saturated heterocycles. The lowest BCUT2D eigenvalue weighted by molar-refractivity contribution is -0.125. The van der Waals surface area contributed by atoms with Crippen LogP contribution in [-0.2, 0) is 4.79 Å². The first-order valence-corrected chi connectivity index (χ1v) is 9.55. The Bertz CT molecular complexity index is 593. The first kappa shape index (κ1) is 20.2. The SMILES string of the molecule is CCNC(=NCC(C)(C)C(N)=O)NCC(c1ccccc1)N1CCCC1. The maximum atomic E-state index is 11.5. The van der Waals surface area contributed by atoms with Gasteiger partial charge in [0.05, 0.1) is 18.0 Å². The monoisotopic (exact) mass is 359 g/mol. The Kier molecular flexibility index (Phi) is 7.45. The molecule has 1 aromatic carbocycles. The molecule has 0 bridgehead atoms. The van der Waals surface area contributed by atoms with E-state index in [4.69, 9.17) is 5.73 Å². The third kappa shape index (κ3) is 5.73. The van der Waals surface area contributed by atoms with Gasteiger partial charge in [-0.3, -0.25) is 14.7 Å². The number of carbonyl (C=O) groups excluding carboxylic acids is 1. The molecular formula is C20H33N5O. The molecule has 0 radical (unpaired) electrons. The summed E-state index contributed by atoms with van der Waals surface area (Å²) in [6.07, 6.45) is 2.51. The normalized spacial score (nSPS) is 17.1. The summed E-state index contributed by atoms with van der Waals surface area (Å²) in [4.78, 5) is 18.6. The minimum Gasteiger partial charge on any atom is -0.369 e. The predicted octanol–water partition coefficient (Wildman–Crippen LogP) is 1.89. The van der Waals surface area contributed by atoms with Gasteiger partial charge in [-0.05, 0) is 52.3 Å². The van der Waals surface area contributed by atoms with Crippen LogP contribution in [0.5, 0.6) is 0 Å². The molecule has 2 rings (SSSR count). The second-order valence-electron chi connectivity index (χ2n) is 7.49. The lowest BCUT2D eigenvalue weighted by Crippen LogP contribution is -2.43. The highest BCUT2D eigenvalue weighted by Gasteiger charge is 2.26. The average Bonchev–Trinajstić information content (AvgIpc) is 3.15. The van der Waals surface area contributed by atoms with Crippen LogP contribution in [-0.4, -0.2) is 49.5 Å². The van der Waals surface area contributed by atoms with Gasteiger partial charge in [0.1, 0.15) is 0 Å². The number of nitrogens with two attached hydrogens (primary N) is 1. The summed E-state index contributed by atoms with van der Waals surface area (Å²) >= 11 is 0. The van der Waals surface area contributed by atoms with Gasteiger partial charge in [-0.15, -0.1) is 0 Å². The van der Waals surface area contributed by atoms with E-state index in [1.807, 2.05) is 20.8 Å². The van der Waals surface area contributed by atoms with Crippen molar-refractivity contribution in [3.8, 4) is 0 Å². The molecule has 4 N–H and O–H groups in total. The van der Waals surface area contributed by atoms with Gasteiger partial charge in [0, 0.05) is 13.1 Å². The summed E-state index contributed by atoms with van der Waals surface area (Å²) in [6.45, 7) is 9.82. The van der Waals surface area contributed by atoms with Crippen LogP contribution in [0.2, 0.25) is 0 Å². The molecule has 1 amide bonds. The number of guanidine groups is 1. The van der Waals surface area contributed by atoms with Crippen molar-refractivity contribution < 1.29 is 4.79 Å². The molecule has 1 unspecified atom stereocenters. The van der Waals surface area contributed by atoms with Crippen LogP contribution in [0.15, 0.2) is 35.3 Å². The number of likely N-dealkylation sites (tertiary alicyclic amines) is 1. The molecule has 6 heteroatoms. The first-order valence-electron chi connectivity index (χ1n) is 9.55. The molecule has 1 aromatic rings.